The number of nitrogens with zero attached hydrogens (tertiary/aromatic N) is 3. The predicted molar refractivity (Wildman–Crippen MR) is 67.6 cm³/mol. The highest BCUT2D eigenvalue weighted by molar-refractivity contribution is 5.77. The molecule has 6 nitrogen and oxygen atoms in total. The Balaban J connectivity index is 1.86. The third-order valence-corrected chi connectivity index (χ3v) is 3.82. The van der Waals surface area contributed by atoms with Crippen molar-refractivity contribution in [2.45, 2.75) is 38.9 Å². The molecule has 0 aliphatic carbocycles. The average Bonchev–Trinajstić information content (AvgIpc) is 2.83. The molecule has 0 radical (unpaired) electrons. The molecule has 1 atom stereocenters. The van der Waals surface area contributed by atoms with Gasteiger partial charge in [-0.05, 0) is 12.5 Å². The summed E-state index contributed by atoms with van der Waals surface area (Å²) in [7, 11) is 0. The maximum atomic E-state index is 11.8. The summed E-state index contributed by atoms with van der Waals surface area (Å²) >= 11 is 0. The van der Waals surface area contributed by atoms with Crippen molar-refractivity contribution in [1.29, 1.82) is 0 Å². The van der Waals surface area contributed by atoms with E-state index in [1.54, 1.807) is 6.07 Å². The lowest BCUT2D eigenvalue weighted by Gasteiger charge is -2.30. The minimum atomic E-state index is -0.151. The Morgan fingerprint density at radius 2 is 2.32 bits per heavy atom. The number of rotatable bonds is 2. The molecular weight excluding hydrogens is 246 g/mol. The van der Waals surface area contributed by atoms with Gasteiger partial charge in [-0.15, -0.1) is 0 Å². The largest absolute Gasteiger partial charge is 0.464 e. The van der Waals surface area contributed by atoms with E-state index < -0.39 is 0 Å². The van der Waals surface area contributed by atoms with Gasteiger partial charge in [0.15, 0.2) is 0 Å². The molecule has 2 aliphatic rings. The van der Waals surface area contributed by atoms with Gasteiger partial charge in [-0.2, -0.15) is 5.10 Å². The van der Waals surface area contributed by atoms with E-state index in [0.717, 1.165) is 30.6 Å². The van der Waals surface area contributed by atoms with Gasteiger partial charge in [0.2, 0.25) is 0 Å². The van der Waals surface area contributed by atoms with Crippen LogP contribution in [0.3, 0.4) is 0 Å². The Morgan fingerprint density at radius 1 is 1.47 bits per heavy atom. The fraction of sp³-hybridized carbons (Fsp3) is 0.615. The Morgan fingerprint density at radius 3 is 3.00 bits per heavy atom. The highest BCUT2D eigenvalue weighted by atomic mass is 16.5. The van der Waals surface area contributed by atoms with Crippen LogP contribution in [0.1, 0.15) is 24.6 Å². The van der Waals surface area contributed by atoms with Crippen LogP contribution < -0.4 is 5.56 Å². The molecule has 0 bridgehead atoms. The fourth-order valence-electron chi connectivity index (χ4n) is 2.77. The highest BCUT2D eigenvalue weighted by Gasteiger charge is 2.34. The minimum absolute atomic E-state index is 0.0721. The molecular formula is C13H17N3O3. The molecule has 0 N–H and O–H groups in total. The highest BCUT2D eigenvalue weighted by Crippen LogP contribution is 2.22. The molecule has 0 amide bonds. The number of fused-ring (bicyclic) bond motifs is 1. The summed E-state index contributed by atoms with van der Waals surface area (Å²) in [6, 6.07) is 1.50. The molecule has 1 saturated heterocycles. The van der Waals surface area contributed by atoms with E-state index in [4.69, 9.17) is 4.74 Å². The van der Waals surface area contributed by atoms with E-state index in [0.29, 0.717) is 19.7 Å². The second-order valence-electron chi connectivity index (χ2n) is 4.96. The van der Waals surface area contributed by atoms with E-state index in [1.165, 1.54) is 4.68 Å². The molecule has 1 aromatic rings. The van der Waals surface area contributed by atoms with Gasteiger partial charge in [0, 0.05) is 38.5 Å². The van der Waals surface area contributed by atoms with Crippen LogP contribution in [0.15, 0.2) is 10.9 Å². The fourth-order valence-corrected chi connectivity index (χ4v) is 2.77. The lowest BCUT2D eigenvalue weighted by atomic mass is 10.0. The quantitative estimate of drug-likeness (QED) is 0.699. The third-order valence-electron chi connectivity index (χ3n) is 3.82. The SMILES string of the molecule is CCn1nc2c(cc1=O)CN([C@@H]1CCOC1=O)CC2. The number of aryl methyl sites for hydroxylation is 1. The van der Waals surface area contributed by atoms with Crippen LogP contribution >= 0.6 is 0 Å². The van der Waals surface area contributed by atoms with Gasteiger partial charge in [-0.1, -0.05) is 0 Å². The first kappa shape index (κ1) is 12.3. The average molecular weight is 263 g/mol. The predicted octanol–water partition coefficient (Wildman–Crippen LogP) is -0.0632. The summed E-state index contributed by atoms with van der Waals surface area (Å²) in [4.78, 5) is 25.5. The summed E-state index contributed by atoms with van der Waals surface area (Å²) in [6.07, 6.45) is 1.52. The summed E-state index contributed by atoms with van der Waals surface area (Å²) < 4.78 is 6.49. The van der Waals surface area contributed by atoms with E-state index in [2.05, 4.69) is 10.00 Å². The van der Waals surface area contributed by atoms with Crippen molar-refractivity contribution in [2.24, 2.45) is 0 Å². The van der Waals surface area contributed by atoms with E-state index >= 15 is 0 Å². The minimum Gasteiger partial charge on any atom is -0.464 e. The van der Waals surface area contributed by atoms with Gasteiger partial charge in [0.1, 0.15) is 6.04 Å². The number of carbonyl (C=O) groups is 1. The molecule has 0 aromatic carbocycles. The van der Waals surface area contributed by atoms with Gasteiger partial charge in [0.05, 0.1) is 12.3 Å². The smallest absolute Gasteiger partial charge is 0.323 e. The van der Waals surface area contributed by atoms with Gasteiger partial charge in [0.25, 0.3) is 5.56 Å². The number of hydrogen-bond acceptors (Lipinski definition) is 5. The Labute approximate surface area is 111 Å². The van der Waals surface area contributed by atoms with E-state index in [9.17, 15) is 9.59 Å². The zero-order valence-corrected chi connectivity index (χ0v) is 11.0. The third kappa shape index (κ3) is 2.16. The Kier molecular flexibility index (Phi) is 3.10. The second kappa shape index (κ2) is 4.77. The molecule has 19 heavy (non-hydrogen) atoms. The molecule has 102 valence electrons. The lowest BCUT2D eigenvalue weighted by molar-refractivity contribution is -0.142. The van der Waals surface area contributed by atoms with Crippen LogP contribution in [0.25, 0.3) is 0 Å². The molecule has 0 unspecified atom stereocenters. The molecule has 2 aliphatic heterocycles. The molecule has 3 rings (SSSR count). The summed E-state index contributed by atoms with van der Waals surface area (Å²) in [6.45, 7) is 4.40. The monoisotopic (exact) mass is 263 g/mol. The molecule has 1 fully saturated rings. The van der Waals surface area contributed by atoms with Gasteiger partial charge < -0.3 is 4.74 Å². The Hall–Kier alpha value is -1.69. The van der Waals surface area contributed by atoms with Crippen LogP contribution in [0.4, 0.5) is 0 Å². The first-order valence-corrected chi connectivity index (χ1v) is 6.69. The van der Waals surface area contributed by atoms with Gasteiger partial charge >= 0.3 is 5.97 Å². The topological polar surface area (TPSA) is 64.4 Å². The van der Waals surface area contributed by atoms with Crippen molar-refractivity contribution in [3.63, 3.8) is 0 Å². The van der Waals surface area contributed by atoms with E-state index in [1.807, 2.05) is 6.92 Å². The lowest BCUT2D eigenvalue weighted by Crippen LogP contribution is -2.43. The number of ether oxygens (including phenoxy) is 1. The van der Waals surface area contributed by atoms with E-state index in [-0.39, 0.29) is 17.6 Å². The first-order chi connectivity index (χ1) is 9.19. The van der Waals surface area contributed by atoms with Crippen LogP contribution in [-0.2, 0) is 29.0 Å². The standard InChI is InChI=1S/C13H17N3O3/c1-2-16-12(17)7-9-8-15(5-3-10(9)14-16)11-4-6-19-13(11)18/h7,11H,2-6,8H2,1H3/t11-/m1/s1. The molecule has 0 saturated carbocycles. The maximum Gasteiger partial charge on any atom is 0.323 e. The van der Waals surface area contributed by atoms with Crippen LogP contribution in [0.2, 0.25) is 0 Å². The van der Waals surface area contributed by atoms with Crippen LogP contribution in [-0.4, -0.2) is 39.8 Å². The van der Waals surface area contributed by atoms with Crippen molar-refractivity contribution < 1.29 is 9.53 Å². The molecule has 1 aromatic heterocycles. The molecule has 0 spiro atoms. The number of esters is 1. The molecule has 3 heterocycles. The summed E-state index contributed by atoms with van der Waals surface area (Å²) in [5.41, 5.74) is 1.85. The van der Waals surface area contributed by atoms with Crippen LogP contribution in [0.5, 0.6) is 0 Å². The number of carbonyl (C=O) groups excluding carboxylic acids is 1. The number of aromatic nitrogens is 2. The van der Waals surface area contributed by atoms with Crippen molar-refractivity contribution in [3.05, 3.63) is 27.7 Å². The zero-order valence-electron chi connectivity index (χ0n) is 11.0. The maximum absolute atomic E-state index is 11.8. The summed E-state index contributed by atoms with van der Waals surface area (Å²) in [5, 5.41) is 4.37. The number of hydrogen-bond donors (Lipinski definition) is 0. The van der Waals surface area contributed by atoms with Crippen molar-refractivity contribution in [3.8, 4) is 0 Å². The Bertz CT molecular complexity index is 567. The van der Waals surface area contributed by atoms with Crippen LogP contribution in [0, 0.1) is 0 Å². The van der Waals surface area contributed by atoms with Gasteiger partial charge in [-0.25, -0.2) is 4.68 Å². The zero-order chi connectivity index (χ0) is 13.4. The first-order valence-electron chi connectivity index (χ1n) is 6.69. The van der Waals surface area contributed by atoms with Gasteiger partial charge in [-0.3, -0.25) is 14.5 Å². The second-order valence-corrected chi connectivity index (χ2v) is 4.96. The van der Waals surface area contributed by atoms with Crippen molar-refractivity contribution in [2.75, 3.05) is 13.2 Å². The normalized spacial score (nSPS) is 23.2. The number of cyclic esters (lactones) is 1. The van der Waals surface area contributed by atoms with Crippen molar-refractivity contribution in [1.82, 2.24) is 14.7 Å². The summed E-state index contributed by atoms with van der Waals surface area (Å²) in [5.74, 6) is -0.140. The molecule has 6 heteroatoms. The van der Waals surface area contributed by atoms with Crippen molar-refractivity contribution >= 4 is 5.97 Å².